The molecule has 0 unspecified atom stereocenters. The lowest BCUT2D eigenvalue weighted by Crippen LogP contribution is -2.41. The van der Waals surface area contributed by atoms with Crippen LogP contribution in [0.2, 0.25) is 0 Å². The van der Waals surface area contributed by atoms with Crippen LogP contribution in [0, 0.1) is 5.41 Å². The molecule has 2 rings (SSSR count). The molecule has 0 spiro atoms. The van der Waals surface area contributed by atoms with Gasteiger partial charge in [0.15, 0.2) is 0 Å². The number of carboxylic acid groups (broad SMARTS) is 1. The fourth-order valence-corrected chi connectivity index (χ4v) is 2.18. The van der Waals surface area contributed by atoms with Crippen LogP contribution in [0.5, 0.6) is 0 Å². The number of rotatable bonds is 5. The summed E-state index contributed by atoms with van der Waals surface area (Å²) in [7, 11) is 1.66. The number of nitrogens with zero attached hydrogens (tertiary/aromatic N) is 2. The van der Waals surface area contributed by atoms with E-state index in [2.05, 4.69) is 10.3 Å². The van der Waals surface area contributed by atoms with Crippen molar-refractivity contribution in [3.8, 4) is 0 Å². The molecule has 1 aromatic heterocycles. The Morgan fingerprint density at radius 3 is 2.83 bits per heavy atom. The summed E-state index contributed by atoms with van der Waals surface area (Å²) in [5.41, 5.74) is 1.82. The van der Waals surface area contributed by atoms with Crippen molar-refractivity contribution in [1.29, 1.82) is 0 Å². The summed E-state index contributed by atoms with van der Waals surface area (Å²) in [4.78, 5) is 28.3. The van der Waals surface area contributed by atoms with E-state index in [1.165, 1.54) is 16.2 Å². The first-order chi connectivity index (χ1) is 8.53. The van der Waals surface area contributed by atoms with E-state index in [4.69, 9.17) is 5.11 Å². The quantitative estimate of drug-likeness (QED) is 0.840. The van der Waals surface area contributed by atoms with E-state index >= 15 is 0 Å². The van der Waals surface area contributed by atoms with Crippen LogP contribution in [0.15, 0.2) is 10.9 Å². The van der Waals surface area contributed by atoms with Gasteiger partial charge in [-0.2, -0.15) is 0 Å². The Morgan fingerprint density at radius 1 is 1.61 bits per heavy atom. The highest BCUT2D eigenvalue weighted by atomic mass is 32.1. The molecule has 0 saturated heterocycles. The molecule has 0 radical (unpaired) electrons. The number of aromatic nitrogens is 1. The lowest BCUT2D eigenvalue weighted by atomic mass is 10.1. The zero-order valence-corrected chi connectivity index (χ0v) is 10.9. The van der Waals surface area contributed by atoms with Gasteiger partial charge < -0.3 is 15.3 Å². The van der Waals surface area contributed by atoms with Crippen molar-refractivity contribution in [2.75, 3.05) is 13.6 Å². The average molecular weight is 269 g/mol. The Morgan fingerprint density at radius 2 is 2.33 bits per heavy atom. The summed E-state index contributed by atoms with van der Waals surface area (Å²) >= 11 is 1.48. The van der Waals surface area contributed by atoms with Crippen molar-refractivity contribution < 1.29 is 14.7 Å². The second-order valence-corrected chi connectivity index (χ2v) is 5.30. The topological polar surface area (TPSA) is 82.5 Å². The number of hydrogen-bond acceptors (Lipinski definition) is 4. The van der Waals surface area contributed by atoms with E-state index in [1.54, 1.807) is 12.6 Å². The van der Waals surface area contributed by atoms with Crippen molar-refractivity contribution in [3.05, 3.63) is 16.6 Å². The smallest absolute Gasteiger partial charge is 0.317 e. The predicted molar refractivity (Wildman–Crippen MR) is 66.3 cm³/mol. The van der Waals surface area contributed by atoms with Crippen LogP contribution >= 0.6 is 11.3 Å². The first-order valence-corrected chi connectivity index (χ1v) is 6.57. The van der Waals surface area contributed by atoms with E-state index in [1.807, 2.05) is 5.38 Å². The minimum Gasteiger partial charge on any atom is -0.481 e. The molecule has 1 heterocycles. The molecular weight excluding hydrogens is 254 g/mol. The Balaban J connectivity index is 1.79. The zero-order valence-electron chi connectivity index (χ0n) is 10.0. The molecule has 6 nitrogen and oxygen atoms in total. The highest BCUT2D eigenvalue weighted by molar-refractivity contribution is 7.07. The molecule has 1 aliphatic rings. The lowest BCUT2D eigenvalue weighted by Gasteiger charge is -2.18. The Hall–Kier alpha value is -1.63. The van der Waals surface area contributed by atoms with Crippen LogP contribution in [0.1, 0.15) is 18.5 Å². The minimum absolute atomic E-state index is 0.197. The molecule has 7 heteroatoms. The molecular formula is C11H15N3O3S. The van der Waals surface area contributed by atoms with Crippen LogP contribution in [-0.4, -0.2) is 40.6 Å². The van der Waals surface area contributed by atoms with Gasteiger partial charge in [0.05, 0.1) is 23.2 Å². The van der Waals surface area contributed by atoms with Crippen LogP contribution in [0.4, 0.5) is 4.79 Å². The van der Waals surface area contributed by atoms with E-state index in [-0.39, 0.29) is 12.6 Å². The summed E-state index contributed by atoms with van der Waals surface area (Å²) in [5.74, 6) is -0.829. The molecule has 2 amide bonds. The van der Waals surface area contributed by atoms with Crippen molar-refractivity contribution in [1.82, 2.24) is 15.2 Å². The molecule has 0 bridgehead atoms. The van der Waals surface area contributed by atoms with Crippen molar-refractivity contribution in [3.63, 3.8) is 0 Å². The average Bonchev–Trinajstić information content (AvgIpc) is 2.97. The predicted octanol–water partition coefficient (Wildman–Crippen LogP) is 1.15. The summed E-state index contributed by atoms with van der Waals surface area (Å²) in [6.07, 6.45) is 1.27. The fourth-order valence-electron chi connectivity index (χ4n) is 1.63. The van der Waals surface area contributed by atoms with Crippen LogP contribution in [0.25, 0.3) is 0 Å². The number of hydrogen-bond donors (Lipinski definition) is 2. The van der Waals surface area contributed by atoms with E-state index in [0.29, 0.717) is 19.4 Å². The van der Waals surface area contributed by atoms with Gasteiger partial charge >= 0.3 is 12.0 Å². The van der Waals surface area contributed by atoms with Gasteiger partial charge in [-0.1, -0.05) is 0 Å². The van der Waals surface area contributed by atoms with Gasteiger partial charge in [-0.05, 0) is 12.8 Å². The van der Waals surface area contributed by atoms with Crippen LogP contribution in [-0.2, 0) is 11.3 Å². The Bertz CT molecular complexity index is 442. The molecule has 0 atom stereocenters. The summed E-state index contributed by atoms with van der Waals surface area (Å²) in [5, 5.41) is 13.5. The number of amides is 2. The largest absolute Gasteiger partial charge is 0.481 e. The molecule has 98 valence electrons. The number of aliphatic carboxylic acids is 1. The third kappa shape index (κ3) is 2.79. The van der Waals surface area contributed by atoms with Gasteiger partial charge in [0, 0.05) is 19.0 Å². The molecule has 0 aliphatic heterocycles. The molecule has 2 N–H and O–H groups in total. The maximum atomic E-state index is 11.8. The lowest BCUT2D eigenvalue weighted by molar-refractivity contribution is -0.143. The summed E-state index contributed by atoms with van der Waals surface area (Å²) in [6, 6.07) is -0.268. The maximum Gasteiger partial charge on any atom is 0.317 e. The summed E-state index contributed by atoms with van der Waals surface area (Å²) in [6.45, 7) is 0.623. The number of nitrogens with one attached hydrogen (secondary N) is 1. The van der Waals surface area contributed by atoms with E-state index < -0.39 is 11.4 Å². The number of carbonyl (C=O) groups excluding carboxylic acids is 1. The second kappa shape index (κ2) is 4.93. The van der Waals surface area contributed by atoms with E-state index in [0.717, 1.165) is 5.69 Å². The Labute approximate surface area is 109 Å². The third-order valence-electron chi connectivity index (χ3n) is 3.11. The maximum absolute atomic E-state index is 11.8. The Kier molecular flexibility index (Phi) is 3.51. The van der Waals surface area contributed by atoms with Gasteiger partial charge in [-0.25, -0.2) is 9.78 Å². The molecule has 1 saturated carbocycles. The molecule has 1 aliphatic carbocycles. The normalized spacial score (nSPS) is 16.1. The van der Waals surface area contributed by atoms with Gasteiger partial charge in [0.25, 0.3) is 0 Å². The monoisotopic (exact) mass is 269 g/mol. The second-order valence-electron chi connectivity index (χ2n) is 4.58. The van der Waals surface area contributed by atoms with Gasteiger partial charge in [0.1, 0.15) is 0 Å². The van der Waals surface area contributed by atoms with Crippen LogP contribution < -0.4 is 5.32 Å². The zero-order chi connectivity index (χ0) is 13.2. The SMILES string of the molecule is CN(Cc1cscn1)C(=O)NCC1(C(=O)O)CC1. The highest BCUT2D eigenvalue weighted by Crippen LogP contribution is 2.45. The standard InChI is InChI=1S/C11H15N3O3S/c1-14(4-8-5-18-7-13-8)10(17)12-6-11(2-3-11)9(15)16/h5,7H,2-4,6H2,1H3,(H,12,17)(H,15,16). The third-order valence-corrected chi connectivity index (χ3v) is 3.75. The van der Waals surface area contributed by atoms with Gasteiger partial charge in [-0.3, -0.25) is 4.79 Å². The molecule has 1 aromatic rings. The minimum atomic E-state index is -0.829. The fraction of sp³-hybridized carbons (Fsp3) is 0.545. The molecule has 18 heavy (non-hydrogen) atoms. The first-order valence-electron chi connectivity index (χ1n) is 5.63. The number of carbonyl (C=O) groups is 2. The number of urea groups is 1. The van der Waals surface area contributed by atoms with Crippen LogP contribution in [0.3, 0.4) is 0 Å². The van der Waals surface area contributed by atoms with Gasteiger partial charge in [-0.15, -0.1) is 11.3 Å². The molecule has 1 fully saturated rings. The number of carboxylic acids is 1. The van der Waals surface area contributed by atoms with Crippen molar-refractivity contribution in [2.45, 2.75) is 19.4 Å². The highest BCUT2D eigenvalue weighted by Gasteiger charge is 2.50. The molecule has 0 aromatic carbocycles. The number of thiazole rings is 1. The van der Waals surface area contributed by atoms with Gasteiger partial charge in [0.2, 0.25) is 0 Å². The van der Waals surface area contributed by atoms with E-state index in [9.17, 15) is 9.59 Å². The summed E-state index contributed by atoms with van der Waals surface area (Å²) < 4.78 is 0. The first kappa shape index (κ1) is 12.8. The van der Waals surface area contributed by atoms with Crippen molar-refractivity contribution >= 4 is 23.3 Å². The van der Waals surface area contributed by atoms with Crippen molar-refractivity contribution in [2.24, 2.45) is 5.41 Å².